The lowest BCUT2D eigenvalue weighted by molar-refractivity contribution is -0.689. The quantitative estimate of drug-likeness (QED) is 0.112. The highest BCUT2D eigenvalue weighted by Gasteiger charge is 2.11. The van der Waals surface area contributed by atoms with Gasteiger partial charge in [-0.15, -0.1) is 0 Å². The van der Waals surface area contributed by atoms with Gasteiger partial charge in [0.2, 0.25) is 5.01 Å². The van der Waals surface area contributed by atoms with Crippen LogP contribution >= 0.6 is 11.3 Å². The molecule has 0 spiro atoms. The number of nitrogens with one attached hydrogen (secondary N) is 2. The molecule has 0 fully saturated rings. The molecular weight excluding hydrogens is 518 g/mol. The molecule has 7 heteroatoms. The van der Waals surface area contributed by atoms with Crippen LogP contribution in [0, 0.1) is 6.92 Å². The largest absolute Gasteiger partial charge is 0.493 e. The number of aromatic nitrogens is 1. The fourth-order valence-electron chi connectivity index (χ4n) is 4.72. The zero-order valence-electron chi connectivity index (χ0n) is 24.7. The smallest absolute Gasteiger partial charge is 0.323 e. The van der Waals surface area contributed by atoms with E-state index in [0.29, 0.717) is 23.8 Å². The number of ether oxygens (including phenoxy) is 2. The number of thiazole rings is 1. The van der Waals surface area contributed by atoms with E-state index in [9.17, 15) is 4.79 Å². The molecule has 3 rings (SSSR count). The minimum absolute atomic E-state index is 0.298. The van der Waals surface area contributed by atoms with E-state index in [-0.39, 0.29) is 6.03 Å². The minimum Gasteiger partial charge on any atom is -0.493 e. The summed E-state index contributed by atoms with van der Waals surface area (Å²) in [5.41, 5.74) is 2.58. The Morgan fingerprint density at radius 2 is 1.40 bits per heavy atom. The summed E-state index contributed by atoms with van der Waals surface area (Å²) in [6.07, 6.45) is 17.8. The maximum atomic E-state index is 12.6. The van der Waals surface area contributed by atoms with Crippen molar-refractivity contribution in [3.8, 4) is 11.5 Å². The molecule has 6 nitrogen and oxygen atoms in total. The van der Waals surface area contributed by atoms with Gasteiger partial charge in [0, 0.05) is 29.9 Å². The van der Waals surface area contributed by atoms with E-state index in [4.69, 9.17) is 9.47 Å². The standard InChI is InChI=1S/C33H47N3O3S/c1-4-5-6-7-8-9-10-11-12-13-14-15-23-39-32-25-30(20-21-31(32)38-3)35-33(37)34-29-18-16-28(17-19-29)26-36-22-24-40-27(36)2/h16-22,24-25H,4-15,23,26H2,1-3H3,(H-,34,35,37)/p+1. The van der Waals surface area contributed by atoms with Crippen LogP contribution in [-0.2, 0) is 6.54 Å². The maximum Gasteiger partial charge on any atom is 0.323 e. The summed E-state index contributed by atoms with van der Waals surface area (Å²) in [7, 11) is 1.63. The number of unbranched alkanes of at least 4 members (excludes halogenated alkanes) is 11. The van der Waals surface area contributed by atoms with Crippen LogP contribution in [0.25, 0.3) is 0 Å². The number of hydrogen-bond donors (Lipinski definition) is 2. The van der Waals surface area contributed by atoms with Crippen molar-refractivity contribution in [1.82, 2.24) is 0 Å². The molecule has 3 aromatic rings. The van der Waals surface area contributed by atoms with E-state index in [1.807, 2.05) is 42.5 Å². The van der Waals surface area contributed by atoms with Crippen LogP contribution in [0.2, 0.25) is 0 Å². The normalized spacial score (nSPS) is 10.9. The molecule has 0 aliphatic rings. The Balaban J connectivity index is 1.34. The predicted molar refractivity (Wildman–Crippen MR) is 167 cm³/mol. The van der Waals surface area contributed by atoms with Gasteiger partial charge < -0.3 is 20.1 Å². The predicted octanol–water partition coefficient (Wildman–Crippen LogP) is 9.12. The van der Waals surface area contributed by atoms with Crippen LogP contribution < -0.4 is 24.7 Å². The van der Waals surface area contributed by atoms with Crippen molar-refractivity contribution < 1.29 is 18.8 Å². The lowest BCUT2D eigenvalue weighted by atomic mass is 10.1. The molecule has 218 valence electrons. The highest BCUT2D eigenvalue weighted by molar-refractivity contribution is 7.09. The van der Waals surface area contributed by atoms with Gasteiger partial charge in [-0.25, -0.2) is 4.79 Å². The van der Waals surface area contributed by atoms with Gasteiger partial charge >= 0.3 is 6.03 Å². The maximum absolute atomic E-state index is 12.6. The van der Waals surface area contributed by atoms with Gasteiger partial charge in [-0.1, -0.05) is 101 Å². The topological polar surface area (TPSA) is 63.5 Å². The van der Waals surface area contributed by atoms with Crippen LogP contribution in [-0.4, -0.2) is 19.7 Å². The molecule has 0 unspecified atom stereocenters. The van der Waals surface area contributed by atoms with Crippen molar-refractivity contribution in [2.24, 2.45) is 0 Å². The van der Waals surface area contributed by atoms with Crippen molar-refractivity contribution in [1.29, 1.82) is 0 Å². The first-order chi connectivity index (χ1) is 19.6. The first-order valence-electron chi connectivity index (χ1n) is 15.0. The van der Waals surface area contributed by atoms with Crippen molar-refractivity contribution in [2.45, 2.75) is 97.4 Å². The summed E-state index contributed by atoms with van der Waals surface area (Å²) < 4.78 is 13.7. The zero-order valence-corrected chi connectivity index (χ0v) is 25.5. The number of urea groups is 1. The molecule has 2 aromatic carbocycles. The van der Waals surface area contributed by atoms with Gasteiger partial charge in [0.15, 0.2) is 24.2 Å². The highest BCUT2D eigenvalue weighted by atomic mass is 32.1. The number of carbonyl (C=O) groups excluding carboxylic acids is 1. The number of rotatable bonds is 19. The summed E-state index contributed by atoms with van der Waals surface area (Å²) in [6.45, 7) is 5.83. The minimum atomic E-state index is -0.298. The second-order valence-electron chi connectivity index (χ2n) is 10.4. The van der Waals surface area contributed by atoms with Crippen molar-refractivity contribution in [3.63, 3.8) is 0 Å². The molecular formula is C33H48N3O3S+. The Morgan fingerprint density at radius 1 is 0.800 bits per heavy atom. The molecule has 40 heavy (non-hydrogen) atoms. The Kier molecular flexibility index (Phi) is 14.4. The first kappa shape index (κ1) is 31.5. The number of hydrogen-bond acceptors (Lipinski definition) is 4. The fourth-order valence-corrected chi connectivity index (χ4v) is 5.38. The average Bonchev–Trinajstić information content (AvgIpc) is 3.36. The van der Waals surface area contributed by atoms with Gasteiger partial charge in [-0.3, -0.25) is 0 Å². The van der Waals surface area contributed by atoms with E-state index in [2.05, 4.69) is 40.6 Å². The number of carbonyl (C=O) groups is 1. The molecule has 2 amide bonds. The summed E-state index contributed by atoms with van der Waals surface area (Å²) >= 11 is 1.73. The summed E-state index contributed by atoms with van der Waals surface area (Å²) in [4.78, 5) is 12.6. The second-order valence-corrected chi connectivity index (χ2v) is 11.5. The van der Waals surface area contributed by atoms with Gasteiger partial charge in [-0.05, 0) is 30.7 Å². The molecule has 0 saturated carbocycles. The van der Waals surface area contributed by atoms with E-state index in [1.54, 1.807) is 18.4 Å². The number of nitrogens with zero attached hydrogens (tertiary/aromatic N) is 1. The van der Waals surface area contributed by atoms with Crippen molar-refractivity contribution in [2.75, 3.05) is 24.4 Å². The third kappa shape index (κ3) is 11.6. The van der Waals surface area contributed by atoms with Crippen LogP contribution in [0.3, 0.4) is 0 Å². The lowest BCUT2D eigenvalue weighted by Gasteiger charge is -2.13. The monoisotopic (exact) mass is 566 g/mol. The number of amides is 2. The third-order valence-corrected chi connectivity index (χ3v) is 7.96. The van der Waals surface area contributed by atoms with Crippen molar-refractivity contribution in [3.05, 3.63) is 64.6 Å². The van der Waals surface area contributed by atoms with E-state index < -0.39 is 0 Å². The third-order valence-electron chi connectivity index (χ3n) is 7.13. The molecule has 0 saturated heterocycles. The molecule has 1 aromatic heterocycles. The van der Waals surface area contributed by atoms with E-state index in [1.165, 1.54) is 81.2 Å². The fraction of sp³-hybridized carbons (Fsp3) is 0.515. The summed E-state index contributed by atoms with van der Waals surface area (Å²) in [5, 5.41) is 9.16. The van der Waals surface area contributed by atoms with E-state index in [0.717, 1.165) is 18.7 Å². The van der Waals surface area contributed by atoms with Gasteiger partial charge in [-0.2, -0.15) is 4.57 Å². The SMILES string of the molecule is CCCCCCCCCCCCCCOc1cc(NC(=O)Nc2ccc(C[n+]3ccsc3C)cc2)ccc1OC. The van der Waals surface area contributed by atoms with Crippen LogP contribution in [0.4, 0.5) is 16.2 Å². The van der Waals surface area contributed by atoms with E-state index >= 15 is 0 Å². The van der Waals surface area contributed by atoms with Gasteiger partial charge in [0.1, 0.15) is 0 Å². The molecule has 0 bridgehead atoms. The van der Waals surface area contributed by atoms with Crippen LogP contribution in [0.1, 0.15) is 94.5 Å². The van der Waals surface area contributed by atoms with Crippen molar-refractivity contribution >= 4 is 28.7 Å². The van der Waals surface area contributed by atoms with Gasteiger partial charge in [0.25, 0.3) is 0 Å². The molecule has 1 heterocycles. The average molecular weight is 567 g/mol. The second kappa shape index (κ2) is 18.3. The Labute approximate surface area is 245 Å². The van der Waals surface area contributed by atoms with Gasteiger partial charge in [0.05, 0.1) is 19.1 Å². The number of anilines is 2. The lowest BCUT2D eigenvalue weighted by Crippen LogP contribution is -2.34. The van der Waals surface area contributed by atoms with Crippen LogP contribution in [0.15, 0.2) is 54.0 Å². The molecule has 0 radical (unpaired) electrons. The number of methoxy groups -OCH3 is 1. The summed E-state index contributed by atoms with van der Waals surface area (Å²) in [5.74, 6) is 1.31. The Bertz CT molecular complexity index is 1130. The summed E-state index contributed by atoms with van der Waals surface area (Å²) in [6, 6.07) is 13.1. The number of benzene rings is 2. The molecule has 0 aliphatic heterocycles. The Hall–Kier alpha value is -3.06. The highest BCUT2D eigenvalue weighted by Crippen LogP contribution is 2.30. The zero-order chi connectivity index (χ0) is 28.4. The Morgan fingerprint density at radius 3 is 2.00 bits per heavy atom. The van der Waals surface area contributed by atoms with Crippen LogP contribution in [0.5, 0.6) is 11.5 Å². The molecule has 2 N–H and O–H groups in total. The molecule has 0 aliphatic carbocycles. The molecule has 0 atom stereocenters. The first-order valence-corrected chi connectivity index (χ1v) is 15.9. The number of aryl methyl sites for hydroxylation is 1.